The maximum absolute atomic E-state index is 13.4. The first-order chi connectivity index (χ1) is 29.2. The molecule has 0 aliphatic carbocycles. The Balaban J connectivity index is 0.000000227. The van der Waals surface area contributed by atoms with Gasteiger partial charge in [-0.15, -0.1) is 22.7 Å². The summed E-state index contributed by atoms with van der Waals surface area (Å²) in [7, 11) is 3.23. The molecular weight excluding hydrogens is 836 g/mol. The number of carbonyl (C=O) groups excluding carboxylic acids is 2. The van der Waals surface area contributed by atoms with Gasteiger partial charge in [-0.2, -0.15) is 0 Å². The minimum atomic E-state index is -0.308. The van der Waals surface area contributed by atoms with Gasteiger partial charge in [-0.25, -0.2) is 0 Å². The summed E-state index contributed by atoms with van der Waals surface area (Å²) in [6, 6.07) is 38.1. The zero-order valence-electron chi connectivity index (χ0n) is 35.0. The monoisotopic (exact) mass is 878 g/mol. The molecule has 8 aromatic rings. The van der Waals surface area contributed by atoms with Gasteiger partial charge in [-0.05, 0) is 83.3 Å². The third kappa shape index (κ3) is 10.6. The second-order valence-corrected chi connectivity index (χ2v) is 15.7. The molecule has 4 aromatic heterocycles. The number of hydrogen-bond acceptors (Lipinski definition) is 11. The Morgan fingerprint density at radius 3 is 1.19 bits per heavy atom. The molecule has 4 aromatic carbocycles. The summed E-state index contributed by atoms with van der Waals surface area (Å²) in [4.78, 5) is 51.7. The van der Waals surface area contributed by atoms with E-state index in [2.05, 4.69) is 0 Å². The topological polar surface area (TPSA) is 145 Å². The second kappa shape index (κ2) is 21.8. The average Bonchev–Trinajstić information content (AvgIpc) is 3.96. The Labute approximate surface area is 388 Å². The molecule has 8 rings (SSSR count). The molecule has 62 heavy (non-hydrogen) atoms. The van der Waals surface area contributed by atoms with Crippen LogP contribution in [0.5, 0.6) is 23.0 Å². The molecule has 0 saturated heterocycles. The van der Waals surface area contributed by atoms with Crippen LogP contribution in [0.25, 0.3) is 20.4 Å². The summed E-state index contributed by atoms with van der Waals surface area (Å²) in [5, 5.41) is 3.78. The smallest absolute Gasteiger partial charge is 0.870 e. The van der Waals surface area contributed by atoms with Crippen molar-refractivity contribution in [1.82, 2.24) is 9.13 Å². The molecule has 0 bridgehead atoms. The summed E-state index contributed by atoms with van der Waals surface area (Å²) >= 11 is 2.87. The molecule has 0 spiro atoms. The Hall–Kier alpha value is -5.80. The SMILES string of the molecule is COc1ccc(Cn2c(=O)c(OCc3ccccc3)c(C(C)=O)c3sccc32)cc1.COc1ccc(Cn2c(=O)c(OCc3ccccc3)c(C(C)=O)c3sccc32)cc1.[Na+].[OH-]. The summed E-state index contributed by atoms with van der Waals surface area (Å²) in [6.45, 7) is 4.12. The predicted molar refractivity (Wildman–Crippen MR) is 240 cm³/mol. The van der Waals surface area contributed by atoms with Crippen LogP contribution >= 0.6 is 22.7 Å². The number of hydrogen-bond donors (Lipinski definition) is 0. The Morgan fingerprint density at radius 1 is 0.516 bits per heavy atom. The minimum Gasteiger partial charge on any atom is -0.870 e. The van der Waals surface area contributed by atoms with E-state index >= 15 is 0 Å². The molecule has 1 N–H and O–H groups in total. The number of aromatic nitrogens is 2. The average molecular weight is 879 g/mol. The molecular formula is C48H43N2NaO9S2. The van der Waals surface area contributed by atoms with Crippen molar-refractivity contribution in [2.24, 2.45) is 0 Å². The standard InChI is InChI=1S/2C24H21NO4S.Na.H2O/c2*1-16(26)21-22(29-15-18-6-4-3-5-7-18)24(27)25(20-12-13-30-23(20)21)14-17-8-10-19(28-2)11-9-17;;/h2*3-13H,14-15H2,1-2H3;;1H2/q;;+1;/p-1. The Kier molecular flexibility index (Phi) is 16.6. The molecule has 14 heteroatoms. The van der Waals surface area contributed by atoms with Crippen molar-refractivity contribution in [3.8, 4) is 23.0 Å². The first kappa shape index (κ1) is 47.3. The van der Waals surface area contributed by atoms with Gasteiger partial charge in [0.2, 0.25) is 0 Å². The third-order valence-electron chi connectivity index (χ3n) is 9.81. The van der Waals surface area contributed by atoms with Gasteiger partial charge in [0.15, 0.2) is 23.1 Å². The molecule has 0 aliphatic rings. The predicted octanol–water partition coefficient (Wildman–Crippen LogP) is 6.63. The molecule has 0 radical (unpaired) electrons. The zero-order chi connectivity index (χ0) is 42.2. The number of pyridine rings is 2. The van der Waals surface area contributed by atoms with E-state index in [4.69, 9.17) is 18.9 Å². The number of ether oxygens (including phenoxy) is 4. The fourth-order valence-corrected chi connectivity index (χ4v) is 8.77. The molecule has 0 saturated carbocycles. The van der Waals surface area contributed by atoms with Crippen molar-refractivity contribution in [3.05, 3.63) is 186 Å². The van der Waals surface area contributed by atoms with Gasteiger partial charge in [0.05, 0.1) is 58.9 Å². The normalized spacial score (nSPS) is 10.5. The van der Waals surface area contributed by atoms with Gasteiger partial charge >= 0.3 is 29.6 Å². The summed E-state index contributed by atoms with van der Waals surface area (Å²) < 4.78 is 27.2. The van der Waals surface area contributed by atoms with E-state index in [1.54, 1.807) is 23.4 Å². The second-order valence-electron chi connectivity index (χ2n) is 13.8. The van der Waals surface area contributed by atoms with E-state index in [-0.39, 0.29) is 82.4 Å². The van der Waals surface area contributed by atoms with Crippen molar-refractivity contribution in [2.45, 2.75) is 40.2 Å². The number of nitrogens with zero attached hydrogens (tertiary/aromatic N) is 2. The van der Waals surface area contributed by atoms with E-state index in [1.165, 1.54) is 36.5 Å². The van der Waals surface area contributed by atoms with Gasteiger partial charge in [-0.1, -0.05) is 84.9 Å². The van der Waals surface area contributed by atoms with Crippen LogP contribution in [-0.4, -0.2) is 40.4 Å². The first-order valence-corrected chi connectivity index (χ1v) is 20.8. The van der Waals surface area contributed by atoms with Gasteiger partial charge < -0.3 is 24.4 Å². The van der Waals surface area contributed by atoms with Crippen molar-refractivity contribution in [3.63, 3.8) is 0 Å². The summed E-state index contributed by atoms with van der Waals surface area (Å²) in [5.74, 6) is 1.36. The van der Waals surface area contributed by atoms with Gasteiger partial charge in [0, 0.05) is 0 Å². The van der Waals surface area contributed by atoms with Crippen molar-refractivity contribution in [1.29, 1.82) is 0 Å². The fraction of sp³-hybridized carbons (Fsp3) is 0.167. The molecule has 0 unspecified atom stereocenters. The van der Waals surface area contributed by atoms with Crippen LogP contribution in [0, 0.1) is 0 Å². The number of rotatable bonds is 14. The van der Waals surface area contributed by atoms with Crippen LogP contribution in [0.2, 0.25) is 0 Å². The van der Waals surface area contributed by atoms with E-state index < -0.39 is 0 Å². The summed E-state index contributed by atoms with van der Waals surface area (Å²) in [5.41, 5.74) is 5.33. The van der Waals surface area contributed by atoms with Crippen LogP contribution in [0.4, 0.5) is 0 Å². The van der Waals surface area contributed by atoms with Crippen molar-refractivity contribution < 1.29 is 63.6 Å². The number of carbonyl (C=O) groups is 2. The Bertz CT molecular complexity index is 2690. The van der Waals surface area contributed by atoms with Crippen LogP contribution in [-0.2, 0) is 26.3 Å². The Morgan fingerprint density at radius 2 is 0.871 bits per heavy atom. The molecule has 11 nitrogen and oxygen atoms in total. The largest absolute Gasteiger partial charge is 1.00 e. The number of methoxy groups -OCH3 is 2. The van der Waals surface area contributed by atoms with E-state index in [0.29, 0.717) is 24.2 Å². The van der Waals surface area contributed by atoms with E-state index in [0.717, 1.165) is 54.2 Å². The number of ketones is 2. The molecule has 0 aliphatic heterocycles. The first-order valence-electron chi connectivity index (χ1n) is 19.1. The fourth-order valence-electron chi connectivity index (χ4n) is 6.80. The van der Waals surface area contributed by atoms with Crippen LogP contribution in [0.15, 0.2) is 142 Å². The minimum absolute atomic E-state index is 0. The van der Waals surface area contributed by atoms with Crippen LogP contribution in [0.3, 0.4) is 0 Å². The number of thiophene rings is 2. The maximum Gasteiger partial charge on any atom is 1.00 e. The van der Waals surface area contributed by atoms with E-state index in [9.17, 15) is 19.2 Å². The van der Waals surface area contributed by atoms with Crippen LogP contribution < -0.4 is 59.6 Å². The molecule has 0 amide bonds. The van der Waals surface area contributed by atoms with Gasteiger partial charge in [-0.3, -0.25) is 28.3 Å². The van der Waals surface area contributed by atoms with Gasteiger partial charge in [0.1, 0.15) is 24.7 Å². The molecule has 312 valence electrons. The molecule has 0 fully saturated rings. The molecule has 4 heterocycles. The van der Waals surface area contributed by atoms with E-state index in [1.807, 2.05) is 132 Å². The van der Waals surface area contributed by atoms with Crippen molar-refractivity contribution in [2.75, 3.05) is 14.2 Å². The third-order valence-corrected chi connectivity index (χ3v) is 11.7. The number of fused-ring (bicyclic) bond motifs is 2. The quantitative estimate of drug-likeness (QED) is 0.0869. The maximum atomic E-state index is 13.4. The van der Waals surface area contributed by atoms with Gasteiger partial charge in [0.25, 0.3) is 11.1 Å². The van der Waals surface area contributed by atoms with Crippen LogP contribution in [0.1, 0.15) is 56.8 Å². The molecule has 0 atom stereocenters. The number of Topliss-reactive ketones (excluding diaryl/α,β-unsaturated/α-hetero) is 2. The van der Waals surface area contributed by atoms with Crippen molar-refractivity contribution >= 4 is 54.7 Å². The zero-order valence-corrected chi connectivity index (χ0v) is 38.6. The number of benzene rings is 4. The summed E-state index contributed by atoms with van der Waals surface area (Å²) in [6.07, 6.45) is 0.